The van der Waals surface area contributed by atoms with Gasteiger partial charge >= 0.3 is 0 Å². The van der Waals surface area contributed by atoms with Crippen molar-refractivity contribution in [3.63, 3.8) is 0 Å². The molecular formula is C24H21N3O3S2. The Kier molecular flexibility index (Phi) is 5.55. The lowest BCUT2D eigenvalue weighted by molar-refractivity contribution is 0.0995. The maximum atomic E-state index is 13.1. The van der Waals surface area contributed by atoms with Gasteiger partial charge in [-0.05, 0) is 66.2 Å². The molecule has 2 N–H and O–H groups in total. The van der Waals surface area contributed by atoms with Crippen LogP contribution in [0.25, 0.3) is 0 Å². The molecule has 162 valence electrons. The molecule has 2 amide bonds. The van der Waals surface area contributed by atoms with Crippen molar-refractivity contribution in [1.82, 2.24) is 0 Å². The summed E-state index contributed by atoms with van der Waals surface area (Å²) in [5.41, 5.74) is 3.96. The number of para-hydroxylation sites is 2. The van der Waals surface area contributed by atoms with Crippen LogP contribution >= 0.6 is 22.7 Å². The Labute approximate surface area is 193 Å². The lowest BCUT2D eigenvalue weighted by Crippen LogP contribution is -2.30. The first-order valence-electron chi connectivity index (χ1n) is 10.2. The van der Waals surface area contributed by atoms with Crippen molar-refractivity contribution in [2.24, 2.45) is 0 Å². The van der Waals surface area contributed by atoms with E-state index in [9.17, 15) is 9.59 Å². The second kappa shape index (κ2) is 8.64. The third-order valence-corrected chi connectivity index (χ3v) is 7.58. The van der Waals surface area contributed by atoms with E-state index in [0.29, 0.717) is 9.88 Å². The van der Waals surface area contributed by atoms with Crippen molar-refractivity contribution < 1.29 is 14.0 Å². The average molecular weight is 464 g/mol. The zero-order valence-electron chi connectivity index (χ0n) is 17.4. The highest BCUT2D eigenvalue weighted by Gasteiger charge is 2.22. The summed E-state index contributed by atoms with van der Waals surface area (Å²) in [6.45, 7) is 3.62. The van der Waals surface area contributed by atoms with E-state index in [2.05, 4.69) is 27.0 Å². The van der Waals surface area contributed by atoms with E-state index in [1.54, 1.807) is 18.2 Å². The quantitative estimate of drug-likeness (QED) is 0.394. The molecule has 4 heterocycles. The Hall–Kier alpha value is -3.36. The van der Waals surface area contributed by atoms with Crippen molar-refractivity contribution >= 4 is 50.9 Å². The number of fused-ring (bicyclic) bond motifs is 1. The third-order valence-electron chi connectivity index (χ3n) is 5.41. The number of nitrogens with one attached hydrogen (secondary N) is 2. The Morgan fingerprint density at radius 1 is 1.06 bits per heavy atom. The van der Waals surface area contributed by atoms with Crippen molar-refractivity contribution in [2.45, 2.75) is 19.9 Å². The first-order valence-corrected chi connectivity index (χ1v) is 11.9. The number of amides is 2. The molecule has 0 bridgehead atoms. The number of furan rings is 1. The summed E-state index contributed by atoms with van der Waals surface area (Å²) >= 11 is 3.06. The molecule has 0 aliphatic carbocycles. The van der Waals surface area contributed by atoms with Gasteiger partial charge in [0.1, 0.15) is 0 Å². The van der Waals surface area contributed by atoms with Gasteiger partial charge in [0, 0.05) is 18.0 Å². The predicted molar refractivity (Wildman–Crippen MR) is 129 cm³/mol. The van der Waals surface area contributed by atoms with E-state index in [4.69, 9.17) is 4.42 Å². The molecular weight excluding hydrogens is 442 g/mol. The number of benzene rings is 1. The Balaban J connectivity index is 1.33. The molecule has 4 aromatic rings. The monoisotopic (exact) mass is 463 g/mol. The van der Waals surface area contributed by atoms with Crippen LogP contribution in [-0.2, 0) is 13.0 Å². The molecule has 0 atom stereocenters. The van der Waals surface area contributed by atoms with Gasteiger partial charge in [0.15, 0.2) is 5.76 Å². The van der Waals surface area contributed by atoms with Crippen LogP contribution in [0.2, 0.25) is 0 Å². The summed E-state index contributed by atoms with van der Waals surface area (Å²) < 4.78 is 5.13. The van der Waals surface area contributed by atoms with E-state index in [-0.39, 0.29) is 17.6 Å². The average Bonchev–Trinajstić information content (AvgIpc) is 3.54. The smallest absolute Gasteiger partial charge is 0.291 e. The van der Waals surface area contributed by atoms with Crippen molar-refractivity contribution in [2.75, 3.05) is 22.1 Å². The molecule has 32 heavy (non-hydrogen) atoms. The molecule has 0 saturated carbocycles. The molecule has 0 fully saturated rings. The molecule has 1 aliphatic heterocycles. The van der Waals surface area contributed by atoms with Crippen molar-refractivity contribution in [1.29, 1.82) is 0 Å². The topological polar surface area (TPSA) is 74.6 Å². The normalized spacial score (nSPS) is 13.0. The van der Waals surface area contributed by atoms with Crippen LogP contribution in [0.5, 0.6) is 0 Å². The SMILES string of the molecule is Cc1cc(NC(=O)c2ccco2)sc1C(=O)Nc1ccccc1N1CCc2sccc2C1. The van der Waals surface area contributed by atoms with Gasteiger partial charge in [-0.15, -0.1) is 22.7 Å². The lowest BCUT2D eigenvalue weighted by Gasteiger charge is -2.30. The van der Waals surface area contributed by atoms with Crippen LogP contribution in [0.15, 0.2) is 64.6 Å². The van der Waals surface area contributed by atoms with Gasteiger partial charge in [0.05, 0.1) is 27.5 Å². The second-order valence-electron chi connectivity index (χ2n) is 7.57. The lowest BCUT2D eigenvalue weighted by atomic mass is 10.1. The highest BCUT2D eigenvalue weighted by atomic mass is 32.1. The minimum absolute atomic E-state index is 0.188. The van der Waals surface area contributed by atoms with Gasteiger partial charge in [-0.3, -0.25) is 9.59 Å². The molecule has 5 rings (SSSR count). The number of nitrogens with zero attached hydrogens (tertiary/aromatic N) is 1. The van der Waals surface area contributed by atoms with Gasteiger partial charge in [0.25, 0.3) is 11.8 Å². The number of thiophene rings is 2. The van der Waals surface area contributed by atoms with E-state index in [1.165, 1.54) is 28.0 Å². The Morgan fingerprint density at radius 2 is 1.94 bits per heavy atom. The second-order valence-corrected chi connectivity index (χ2v) is 9.62. The van der Waals surface area contributed by atoms with Crippen LogP contribution in [0, 0.1) is 6.92 Å². The van der Waals surface area contributed by atoms with Crippen molar-refractivity contribution in [3.05, 3.63) is 86.8 Å². The minimum atomic E-state index is -0.341. The fourth-order valence-corrected chi connectivity index (χ4v) is 5.69. The van der Waals surface area contributed by atoms with Gasteiger partial charge in [-0.1, -0.05) is 12.1 Å². The summed E-state index contributed by atoms with van der Waals surface area (Å²) in [4.78, 5) is 29.7. The molecule has 0 spiro atoms. The highest BCUT2D eigenvalue weighted by molar-refractivity contribution is 7.18. The molecule has 6 nitrogen and oxygen atoms in total. The number of hydrogen-bond acceptors (Lipinski definition) is 6. The van der Waals surface area contributed by atoms with Gasteiger partial charge in [0.2, 0.25) is 0 Å². The Bertz CT molecular complexity index is 1270. The molecule has 0 unspecified atom stereocenters. The third kappa shape index (κ3) is 4.06. The van der Waals surface area contributed by atoms with Gasteiger partial charge in [-0.25, -0.2) is 0 Å². The fraction of sp³-hybridized carbons (Fsp3) is 0.167. The van der Waals surface area contributed by atoms with E-state index in [0.717, 1.165) is 36.4 Å². The molecule has 3 aromatic heterocycles. The first-order chi connectivity index (χ1) is 15.6. The minimum Gasteiger partial charge on any atom is -0.459 e. The summed E-state index contributed by atoms with van der Waals surface area (Å²) in [6, 6.07) is 15.1. The predicted octanol–water partition coefficient (Wildman–Crippen LogP) is 5.78. The van der Waals surface area contributed by atoms with Gasteiger partial charge < -0.3 is 20.0 Å². The van der Waals surface area contributed by atoms with E-state index >= 15 is 0 Å². The standard InChI is InChI=1S/C24H21N3O3S2/c1-15-13-21(26-23(28)19-7-4-11-30-19)32-22(15)24(29)25-17-5-2-3-6-18(17)27-10-8-20-16(14-27)9-12-31-20/h2-7,9,11-13H,8,10,14H2,1H3,(H,25,29)(H,26,28). The van der Waals surface area contributed by atoms with Crippen LogP contribution in [0.4, 0.5) is 16.4 Å². The van der Waals surface area contributed by atoms with Crippen LogP contribution < -0.4 is 15.5 Å². The number of aryl methyl sites for hydroxylation is 1. The zero-order chi connectivity index (χ0) is 22.1. The first kappa shape index (κ1) is 20.5. The molecule has 0 radical (unpaired) electrons. The molecule has 1 aromatic carbocycles. The van der Waals surface area contributed by atoms with Crippen LogP contribution in [0.3, 0.4) is 0 Å². The largest absolute Gasteiger partial charge is 0.459 e. The maximum absolute atomic E-state index is 13.1. The molecule has 0 saturated heterocycles. The number of carbonyl (C=O) groups excluding carboxylic acids is 2. The van der Waals surface area contributed by atoms with Crippen LogP contribution in [-0.4, -0.2) is 18.4 Å². The Morgan fingerprint density at radius 3 is 2.78 bits per heavy atom. The van der Waals surface area contributed by atoms with Crippen LogP contribution in [0.1, 0.15) is 36.2 Å². The number of rotatable bonds is 5. The number of carbonyl (C=O) groups is 2. The van der Waals surface area contributed by atoms with Gasteiger partial charge in [-0.2, -0.15) is 0 Å². The maximum Gasteiger partial charge on any atom is 0.291 e. The van der Waals surface area contributed by atoms with E-state index < -0.39 is 0 Å². The van der Waals surface area contributed by atoms with E-state index in [1.807, 2.05) is 42.5 Å². The highest BCUT2D eigenvalue weighted by Crippen LogP contribution is 2.34. The summed E-state index contributed by atoms with van der Waals surface area (Å²) in [6.07, 6.45) is 2.46. The zero-order valence-corrected chi connectivity index (χ0v) is 19.0. The summed E-state index contributed by atoms with van der Waals surface area (Å²) in [5, 5.41) is 8.61. The molecule has 1 aliphatic rings. The summed E-state index contributed by atoms with van der Waals surface area (Å²) in [5.74, 6) is -0.301. The summed E-state index contributed by atoms with van der Waals surface area (Å²) in [7, 11) is 0. The fourth-order valence-electron chi connectivity index (χ4n) is 3.84. The number of anilines is 3. The molecule has 8 heteroatoms. The number of hydrogen-bond donors (Lipinski definition) is 2. The van der Waals surface area contributed by atoms with Crippen molar-refractivity contribution in [3.8, 4) is 0 Å².